The molecule has 0 atom stereocenters. The standard InChI is InChI=1S/C13H11BrN2S/c1-9-2-3-17-13(9)8-16-12-5-10(7-15)4-11(14)6-12/h2-6,16H,8H2,1H3. The lowest BCUT2D eigenvalue weighted by atomic mass is 10.2. The Morgan fingerprint density at radius 3 is 2.88 bits per heavy atom. The van der Waals surface area contributed by atoms with E-state index < -0.39 is 0 Å². The Morgan fingerprint density at radius 2 is 2.24 bits per heavy atom. The largest absolute Gasteiger partial charge is 0.380 e. The summed E-state index contributed by atoms with van der Waals surface area (Å²) in [5.41, 5.74) is 2.92. The number of anilines is 1. The monoisotopic (exact) mass is 306 g/mol. The van der Waals surface area contributed by atoms with Gasteiger partial charge in [0.05, 0.1) is 11.6 Å². The van der Waals surface area contributed by atoms with Crippen LogP contribution in [0.1, 0.15) is 16.0 Å². The van der Waals surface area contributed by atoms with Crippen molar-refractivity contribution in [3.8, 4) is 6.07 Å². The Hall–Kier alpha value is -1.31. The summed E-state index contributed by atoms with van der Waals surface area (Å²) in [6, 6.07) is 9.90. The van der Waals surface area contributed by atoms with Gasteiger partial charge in [-0.25, -0.2) is 0 Å². The van der Waals surface area contributed by atoms with Gasteiger partial charge in [0.25, 0.3) is 0 Å². The number of hydrogen-bond donors (Lipinski definition) is 1. The molecule has 0 aliphatic carbocycles. The third-order valence-corrected chi connectivity index (χ3v) is 3.93. The molecular formula is C13H11BrN2S. The number of rotatable bonds is 3. The number of nitriles is 1. The molecule has 1 aromatic heterocycles. The summed E-state index contributed by atoms with van der Waals surface area (Å²) in [5.74, 6) is 0. The van der Waals surface area contributed by atoms with Gasteiger partial charge in [-0.1, -0.05) is 15.9 Å². The maximum absolute atomic E-state index is 8.89. The molecular weight excluding hydrogens is 296 g/mol. The van der Waals surface area contributed by atoms with Crippen LogP contribution < -0.4 is 5.32 Å². The van der Waals surface area contributed by atoms with Crippen LogP contribution in [0, 0.1) is 18.3 Å². The van der Waals surface area contributed by atoms with Gasteiger partial charge in [0.1, 0.15) is 0 Å². The molecule has 0 saturated carbocycles. The second-order valence-corrected chi connectivity index (χ2v) is 5.64. The summed E-state index contributed by atoms with van der Waals surface area (Å²) in [6.07, 6.45) is 0. The molecule has 86 valence electrons. The highest BCUT2D eigenvalue weighted by Crippen LogP contribution is 2.21. The lowest BCUT2D eigenvalue weighted by Crippen LogP contribution is -1.99. The normalized spacial score (nSPS) is 9.94. The summed E-state index contributed by atoms with van der Waals surface area (Å²) in [6.45, 7) is 2.90. The molecule has 1 aromatic carbocycles. The first kappa shape index (κ1) is 12.2. The molecule has 2 nitrogen and oxygen atoms in total. The molecule has 0 aliphatic rings. The van der Waals surface area contributed by atoms with Gasteiger partial charge in [-0.2, -0.15) is 5.26 Å². The smallest absolute Gasteiger partial charge is 0.0992 e. The van der Waals surface area contributed by atoms with Crippen molar-refractivity contribution in [3.63, 3.8) is 0 Å². The van der Waals surface area contributed by atoms with E-state index in [4.69, 9.17) is 5.26 Å². The number of aryl methyl sites for hydroxylation is 1. The Balaban J connectivity index is 2.12. The molecule has 2 aromatic rings. The molecule has 1 heterocycles. The zero-order chi connectivity index (χ0) is 12.3. The number of thiophene rings is 1. The van der Waals surface area contributed by atoms with Crippen LogP contribution >= 0.6 is 27.3 Å². The lowest BCUT2D eigenvalue weighted by Gasteiger charge is -2.07. The summed E-state index contributed by atoms with van der Waals surface area (Å²) >= 11 is 5.14. The van der Waals surface area contributed by atoms with Crippen LogP contribution in [-0.4, -0.2) is 0 Å². The van der Waals surface area contributed by atoms with E-state index >= 15 is 0 Å². The number of hydrogen-bond acceptors (Lipinski definition) is 3. The van der Waals surface area contributed by atoms with Crippen molar-refractivity contribution in [2.75, 3.05) is 5.32 Å². The van der Waals surface area contributed by atoms with Gasteiger partial charge in [0.15, 0.2) is 0 Å². The molecule has 0 saturated heterocycles. The van der Waals surface area contributed by atoms with Crippen molar-refractivity contribution >= 4 is 33.0 Å². The van der Waals surface area contributed by atoms with Gasteiger partial charge in [0, 0.05) is 21.6 Å². The topological polar surface area (TPSA) is 35.8 Å². The molecule has 1 N–H and O–H groups in total. The fraction of sp³-hybridized carbons (Fsp3) is 0.154. The van der Waals surface area contributed by atoms with E-state index in [0.717, 1.165) is 16.7 Å². The Bertz CT molecular complexity index is 569. The molecule has 0 aliphatic heterocycles. The molecule has 0 amide bonds. The van der Waals surface area contributed by atoms with E-state index in [1.165, 1.54) is 10.4 Å². The Morgan fingerprint density at radius 1 is 1.41 bits per heavy atom. The minimum Gasteiger partial charge on any atom is -0.380 e. The molecule has 4 heteroatoms. The minimum atomic E-state index is 0.657. The summed E-state index contributed by atoms with van der Waals surface area (Å²) in [4.78, 5) is 1.32. The van der Waals surface area contributed by atoms with Crippen molar-refractivity contribution in [1.82, 2.24) is 0 Å². The fourth-order valence-electron chi connectivity index (χ4n) is 1.52. The number of nitrogens with zero attached hydrogens (tertiary/aromatic N) is 1. The molecule has 0 unspecified atom stereocenters. The van der Waals surface area contributed by atoms with Crippen molar-refractivity contribution < 1.29 is 0 Å². The first-order valence-electron chi connectivity index (χ1n) is 5.16. The van der Waals surface area contributed by atoms with Crippen LogP contribution in [0.3, 0.4) is 0 Å². The summed E-state index contributed by atoms with van der Waals surface area (Å²) in [7, 11) is 0. The lowest BCUT2D eigenvalue weighted by molar-refractivity contribution is 1.16. The quantitative estimate of drug-likeness (QED) is 0.917. The highest BCUT2D eigenvalue weighted by Gasteiger charge is 2.02. The second-order valence-electron chi connectivity index (χ2n) is 3.72. The van der Waals surface area contributed by atoms with E-state index in [9.17, 15) is 0 Å². The van der Waals surface area contributed by atoms with Crippen LogP contribution in [0.5, 0.6) is 0 Å². The van der Waals surface area contributed by atoms with Crippen LogP contribution in [0.15, 0.2) is 34.1 Å². The van der Waals surface area contributed by atoms with Crippen LogP contribution in [-0.2, 0) is 6.54 Å². The van der Waals surface area contributed by atoms with Crippen LogP contribution in [0.2, 0.25) is 0 Å². The molecule has 0 spiro atoms. The summed E-state index contributed by atoms with van der Waals surface area (Å²) in [5, 5.41) is 14.3. The van der Waals surface area contributed by atoms with Crippen molar-refractivity contribution in [2.45, 2.75) is 13.5 Å². The molecule has 2 rings (SSSR count). The average molecular weight is 307 g/mol. The zero-order valence-electron chi connectivity index (χ0n) is 9.33. The van der Waals surface area contributed by atoms with Crippen molar-refractivity contribution in [3.05, 3.63) is 50.1 Å². The molecule has 0 bridgehead atoms. The van der Waals surface area contributed by atoms with Crippen molar-refractivity contribution in [2.24, 2.45) is 0 Å². The van der Waals surface area contributed by atoms with Gasteiger partial charge in [0.2, 0.25) is 0 Å². The van der Waals surface area contributed by atoms with Gasteiger partial charge in [-0.05, 0) is 42.1 Å². The fourth-order valence-corrected chi connectivity index (χ4v) is 2.86. The first-order valence-corrected chi connectivity index (χ1v) is 6.84. The van der Waals surface area contributed by atoms with Gasteiger partial charge >= 0.3 is 0 Å². The minimum absolute atomic E-state index is 0.657. The maximum Gasteiger partial charge on any atom is 0.0992 e. The summed E-state index contributed by atoms with van der Waals surface area (Å²) < 4.78 is 0.918. The van der Waals surface area contributed by atoms with E-state index in [-0.39, 0.29) is 0 Å². The van der Waals surface area contributed by atoms with E-state index in [0.29, 0.717) is 5.56 Å². The highest BCUT2D eigenvalue weighted by atomic mass is 79.9. The molecule has 17 heavy (non-hydrogen) atoms. The molecule has 0 radical (unpaired) electrons. The van der Waals surface area contributed by atoms with Gasteiger partial charge in [-0.3, -0.25) is 0 Å². The van der Waals surface area contributed by atoms with Crippen molar-refractivity contribution in [1.29, 1.82) is 5.26 Å². The van der Waals surface area contributed by atoms with E-state index in [1.54, 1.807) is 11.3 Å². The predicted octanol–water partition coefficient (Wildman–Crippen LogP) is 4.30. The van der Waals surface area contributed by atoms with Crippen LogP contribution in [0.4, 0.5) is 5.69 Å². The first-order chi connectivity index (χ1) is 8.19. The van der Waals surface area contributed by atoms with Gasteiger partial charge in [-0.15, -0.1) is 11.3 Å². The predicted molar refractivity (Wildman–Crippen MR) is 75.2 cm³/mol. The SMILES string of the molecule is Cc1ccsc1CNc1cc(Br)cc(C#N)c1. The van der Waals surface area contributed by atoms with Crippen LogP contribution in [0.25, 0.3) is 0 Å². The van der Waals surface area contributed by atoms with E-state index in [1.807, 2.05) is 18.2 Å². The average Bonchev–Trinajstić information content (AvgIpc) is 2.71. The zero-order valence-corrected chi connectivity index (χ0v) is 11.7. The maximum atomic E-state index is 8.89. The number of nitrogens with one attached hydrogen (secondary N) is 1. The highest BCUT2D eigenvalue weighted by molar-refractivity contribution is 9.10. The van der Waals surface area contributed by atoms with Gasteiger partial charge < -0.3 is 5.32 Å². The second kappa shape index (κ2) is 5.35. The molecule has 0 fully saturated rings. The Kier molecular flexibility index (Phi) is 3.82. The number of benzene rings is 1. The Labute approximate surface area is 113 Å². The third kappa shape index (κ3) is 3.09. The third-order valence-electron chi connectivity index (χ3n) is 2.45. The van der Waals surface area contributed by atoms with E-state index in [2.05, 4.69) is 45.7 Å². The number of halogens is 1.